The number of nitrogens with zero attached hydrogens (tertiary/aromatic N) is 2. The van der Waals surface area contributed by atoms with Crippen LogP contribution < -0.4 is 5.43 Å². The molecule has 96 valence electrons. The van der Waals surface area contributed by atoms with Crippen molar-refractivity contribution in [3.8, 4) is 0 Å². The van der Waals surface area contributed by atoms with E-state index in [0.29, 0.717) is 5.69 Å². The molecule has 0 saturated heterocycles. The van der Waals surface area contributed by atoms with Gasteiger partial charge in [0.2, 0.25) is 5.17 Å². The number of ether oxygens (including phenoxy) is 1. The molecular formula is C10H10ClN3O4. The Kier molecular flexibility index (Phi) is 5.06. The zero-order valence-corrected chi connectivity index (χ0v) is 10.2. The van der Waals surface area contributed by atoms with Gasteiger partial charge in [-0.1, -0.05) is 11.6 Å². The number of hydrogen-bond acceptors (Lipinski definition) is 6. The predicted octanol–water partition coefficient (Wildman–Crippen LogP) is 2.12. The van der Waals surface area contributed by atoms with Gasteiger partial charge in [0, 0.05) is 12.1 Å². The molecule has 8 heteroatoms. The number of non-ortho nitro benzene ring substituents is 1. The van der Waals surface area contributed by atoms with Crippen molar-refractivity contribution in [2.24, 2.45) is 5.10 Å². The van der Waals surface area contributed by atoms with Crippen LogP contribution in [0.15, 0.2) is 29.4 Å². The zero-order chi connectivity index (χ0) is 13.5. The molecule has 0 aromatic heterocycles. The minimum atomic E-state index is -0.742. The molecule has 1 rings (SSSR count). The van der Waals surface area contributed by atoms with Gasteiger partial charge in [-0.05, 0) is 19.1 Å². The van der Waals surface area contributed by atoms with Crippen LogP contribution in [0, 0.1) is 10.1 Å². The Morgan fingerprint density at radius 1 is 1.50 bits per heavy atom. The number of halogens is 1. The van der Waals surface area contributed by atoms with Gasteiger partial charge in [-0.3, -0.25) is 15.5 Å². The van der Waals surface area contributed by atoms with E-state index in [1.165, 1.54) is 24.3 Å². The predicted molar refractivity (Wildman–Crippen MR) is 66.6 cm³/mol. The molecule has 0 radical (unpaired) electrons. The number of carbonyl (C=O) groups excluding carboxylic acids is 1. The maximum absolute atomic E-state index is 11.1. The lowest BCUT2D eigenvalue weighted by atomic mass is 10.3. The van der Waals surface area contributed by atoms with Crippen LogP contribution in [0.5, 0.6) is 0 Å². The highest BCUT2D eigenvalue weighted by Crippen LogP contribution is 2.15. The summed E-state index contributed by atoms with van der Waals surface area (Å²) in [6.45, 7) is 1.84. The number of hydrazone groups is 1. The lowest BCUT2D eigenvalue weighted by Gasteiger charge is -2.01. The third kappa shape index (κ3) is 4.02. The fourth-order valence-electron chi connectivity index (χ4n) is 1.01. The number of nitro groups is 1. The average Bonchev–Trinajstić information content (AvgIpc) is 2.36. The molecular weight excluding hydrogens is 262 g/mol. The molecule has 7 nitrogen and oxygen atoms in total. The Hall–Kier alpha value is -2.15. The molecule has 1 aromatic rings. The van der Waals surface area contributed by atoms with Crippen LogP contribution in [0.4, 0.5) is 11.4 Å². The first-order valence-electron chi connectivity index (χ1n) is 4.95. The highest BCUT2D eigenvalue weighted by atomic mass is 35.5. The van der Waals surface area contributed by atoms with Crippen LogP contribution >= 0.6 is 11.6 Å². The molecule has 18 heavy (non-hydrogen) atoms. The SMILES string of the molecule is CCOC(=O)C(Cl)=NNc1ccc([N+](=O)[O-])cc1. The summed E-state index contributed by atoms with van der Waals surface area (Å²) in [7, 11) is 0. The van der Waals surface area contributed by atoms with Gasteiger partial charge in [-0.15, -0.1) is 0 Å². The fraction of sp³-hybridized carbons (Fsp3) is 0.200. The summed E-state index contributed by atoms with van der Waals surface area (Å²) in [6.07, 6.45) is 0. The van der Waals surface area contributed by atoms with Gasteiger partial charge in [-0.25, -0.2) is 4.79 Å². The van der Waals surface area contributed by atoms with Crippen LogP contribution in [0.25, 0.3) is 0 Å². The first-order valence-corrected chi connectivity index (χ1v) is 5.33. The van der Waals surface area contributed by atoms with Gasteiger partial charge in [0.25, 0.3) is 5.69 Å². The molecule has 0 spiro atoms. The minimum absolute atomic E-state index is 0.0407. The summed E-state index contributed by atoms with van der Waals surface area (Å²) < 4.78 is 4.61. The van der Waals surface area contributed by atoms with E-state index in [9.17, 15) is 14.9 Å². The van der Waals surface area contributed by atoms with Gasteiger partial charge >= 0.3 is 5.97 Å². The Bertz CT molecular complexity index is 473. The van der Waals surface area contributed by atoms with Crippen LogP contribution in [0.3, 0.4) is 0 Å². The van der Waals surface area contributed by atoms with E-state index in [0.717, 1.165) is 0 Å². The van der Waals surface area contributed by atoms with Gasteiger partial charge < -0.3 is 4.74 Å². The van der Waals surface area contributed by atoms with Gasteiger partial charge in [0.1, 0.15) is 0 Å². The quantitative estimate of drug-likeness (QED) is 0.383. The normalized spacial score (nSPS) is 10.9. The summed E-state index contributed by atoms with van der Waals surface area (Å²) in [5, 5.41) is 13.6. The van der Waals surface area contributed by atoms with Crippen molar-refractivity contribution in [1.82, 2.24) is 0 Å². The number of esters is 1. The number of anilines is 1. The Labute approximate surface area is 108 Å². The van der Waals surface area contributed by atoms with Crippen molar-refractivity contribution in [2.45, 2.75) is 6.92 Å². The topological polar surface area (TPSA) is 93.8 Å². The maximum atomic E-state index is 11.1. The van der Waals surface area contributed by atoms with Crippen molar-refractivity contribution < 1.29 is 14.5 Å². The van der Waals surface area contributed by atoms with Crippen molar-refractivity contribution in [3.05, 3.63) is 34.4 Å². The standard InChI is InChI=1S/C10H10ClN3O4/c1-2-18-10(15)9(11)13-12-7-3-5-8(6-4-7)14(16)17/h3-6,12H,2H2,1H3. The van der Waals surface area contributed by atoms with Crippen molar-refractivity contribution in [2.75, 3.05) is 12.0 Å². The van der Waals surface area contributed by atoms with Crippen LogP contribution in [-0.2, 0) is 9.53 Å². The molecule has 1 N–H and O–H groups in total. The Morgan fingerprint density at radius 2 is 2.11 bits per heavy atom. The molecule has 0 aliphatic heterocycles. The minimum Gasteiger partial charge on any atom is -0.461 e. The highest BCUT2D eigenvalue weighted by molar-refractivity contribution is 6.82. The molecule has 1 aromatic carbocycles. The largest absolute Gasteiger partial charge is 0.461 e. The van der Waals surface area contributed by atoms with Crippen LogP contribution in [0.2, 0.25) is 0 Å². The van der Waals surface area contributed by atoms with E-state index in [1.807, 2.05) is 0 Å². The summed E-state index contributed by atoms with van der Waals surface area (Å²) >= 11 is 5.55. The number of carbonyl (C=O) groups is 1. The van der Waals surface area contributed by atoms with Crippen molar-refractivity contribution in [1.29, 1.82) is 0 Å². The highest BCUT2D eigenvalue weighted by Gasteiger charge is 2.09. The van der Waals surface area contributed by atoms with Gasteiger partial charge in [0.15, 0.2) is 0 Å². The Morgan fingerprint density at radius 3 is 2.61 bits per heavy atom. The molecule has 0 amide bonds. The first kappa shape index (κ1) is 13.9. The van der Waals surface area contributed by atoms with Gasteiger partial charge in [0.05, 0.1) is 17.2 Å². The second-order valence-corrected chi connectivity index (χ2v) is 3.40. The smallest absolute Gasteiger partial charge is 0.370 e. The second kappa shape index (κ2) is 6.55. The monoisotopic (exact) mass is 271 g/mol. The number of benzene rings is 1. The Balaban J connectivity index is 2.65. The molecule has 0 bridgehead atoms. The number of rotatable bonds is 5. The summed E-state index contributed by atoms with van der Waals surface area (Å²) in [5.74, 6) is -0.742. The number of hydrogen-bond donors (Lipinski definition) is 1. The van der Waals surface area contributed by atoms with Crippen molar-refractivity contribution >= 4 is 34.1 Å². The van der Waals surface area contributed by atoms with E-state index < -0.39 is 10.9 Å². The second-order valence-electron chi connectivity index (χ2n) is 3.04. The molecule has 0 heterocycles. The van der Waals surface area contributed by atoms with Gasteiger partial charge in [-0.2, -0.15) is 5.10 Å². The molecule has 0 saturated carbocycles. The molecule has 0 atom stereocenters. The summed E-state index contributed by atoms with van der Waals surface area (Å²) in [6, 6.07) is 5.49. The lowest BCUT2D eigenvalue weighted by Crippen LogP contribution is -2.13. The summed E-state index contributed by atoms with van der Waals surface area (Å²) in [5.41, 5.74) is 2.90. The first-order chi connectivity index (χ1) is 8.54. The maximum Gasteiger partial charge on any atom is 0.370 e. The lowest BCUT2D eigenvalue weighted by molar-refractivity contribution is -0.384. The fourth-order valence-corrected chi connectivity index (χ4v) is 1.10. The van der Waals surface area contributed by atoms with Crippen LogP contribution in [0.1, 0.15) is 6.92 Å². The molecule has 0 aliphatic rings. The third-order valence-electron chi connectivity index (χ3n) is 1.81. The molecule has 0 aliphatic carbocycles. The van der Waals surface area contributed by atoms with E-state index in [-0.39, 0.29) is 17.5 Å². The van der Waals surface area contributed by atoms with E-state index in [4.69, 9.17) is 11.6 Å². The summed E-state index contributed by atoms with van der Waals surface area (Å²) in [4.78, 5) is 21.0. The van der Waals surface area contributed by atoms with Crippen LogP contribution in [-0.4, -0.2) is 22.7 Å². The average molecular weight is 272 g/mol. The number of nitro benzene ring substituents is 1. The van der Waals surface area contributed by atoms with E-state index >= 15 is 0 Å². The zero-order valence-electron chi connectivity index (χ0n) is 9.42. The van der Waals surface area contributed by atoms with Crippen molar-refractivity contribution in [3.63, 3.8) is 0 Å². The van der Waals surface area contributed by atoms with E-state index in [1.54, 1.807) is 6.92 Å². The molecule has 0 fully saturated rings. The van der Waals surface area contributed by atoms with E-state index in [2.05, 4.69) is 15.3 Å². The number of nitrogens with one attached hydrogen (secondary N) is 1. The third-order valence-corrected chi connectivity index (χ3v) is 2.04. The molecule has 0 unspecified atom stereocenters.